The minimum atomic E-state index is -0.293. The van der Waals surface area contributed by atoms with Crippen LogP contribution in [0.2, 0.25) is 0 Å². The number of carbonyl (C=O) groups is 1. The lowest BCUT2D eigenvalue weighted by Gasteiger charge is -2.05. The molecule has 0 saturated carbocycles. The Balaban J connectivity index is 1.50. The monoisotopic (exact) mass is 336 g/mol. The van der Waals surface area contributed by atoms with Crippen LogP contribution in [0.3, 0.4) is 0 Å². The molecule has 124 valence electrons. The Bertz CT molecular complexity index is 1020. The Hall–Kier alpha value is -3.82. The topological polar surface area (TPSA) is 123 Å². The van der Waals surface area contributed by atoms with Crippen LogP contribution in [0.25, 0.3) is 5.65 Å². The summed E-state index contributed by atoms with van der Waals surface area (Å²) in [7, 11) is 0. The highest BCUT2D eigenvalue weighted by atomic mass is 16.5. The molecule has 0 bridgehead atoms. The maximum Gasteiger partial charge on any atom is 0.361 e. The highest BCUT2D eigenvalue weighted by Gasteiger charge is 2.14. The molecule has 1 aromatic carbocycles. The second kappa shape index (κ2) is 6.00. The van der Waals surface area contributed by atoms with Crippen molar-refractivity contribution in [1.82, 2.24) is 35.2 Å². The lowest BCUT2D eigenvalue weighted by molar-refractivity contribution is 0.102. The average molecular weight is 336 g/mol. The van der Waals surface area contributed by atoms with E-state index < -0.39 is 0 Å². The Morgan fingerprint density at radius 3 is 2.84 bits per heavy atom. The molecule has 1 amide bonds. The van der Waals surface area contributed by atoms with E-state index in [4.69, 9.17) is 4.74 Å². The standard InChI is InChI=1S/C15H12N8O2/c1-9-6-16-13-12(7-17-23(13)8-9)14(24)18-10-2-4-11(5-3-10)25-15-19-21-22-20-15/h2-8H,1H3,(H,18,24)(H,19,20,21,22). The molecule has 0 saturated heterocycles. The van der Waals surface area contributed by atoms with Gasteiger partial charge in [-0.3, -0.25) is 4.79 Å². The fourth-order valence-corrected chi connectivity index (χ4v) is 2.23. The van der Waals surface area contributed by atoms with Crippen molar-refractivity contribution in [3.05, 3.63) is 54.0 Å². The van der Waals surface area contributed by atoms with E-state index in [1.165, 1.54) is 6.20 Å². The van der Waals surface area contributed by atoms with Gasteiger partial charge in [-0.2, -0.15) is 10.3 Å². The third-order valence-corrected chi connectivity index (χ3v) is 3.38. The highest BCUT2D eigenvalue weighted by Crippen LogP contribution is 2.20. The summed E-state index contributed by atoms with van der Waals surface area (Å²) >= 11 is 0. The summed E-state index contributed by atoms with van der Waals surface area (Å²) in [5, 5.41) is 20.0. The van der Waals surface area contributed by atoms with Crippen LogP contribution in [0.1, 0.15) is 15.9 Å². The van der Waals surface area contributed by atoms with Gasteiger partial charge in [0.2, 0.25) is 0 Å². The van der Waals surface area contributed by atoms with E-state index in [2.05, 4.69) is 36.0 Å². The summed E-state index contributed by atoms with van der Waals surface area (Å²) in [5.74, 6) is 0.228. The van der Waals surface area contributed by atoms with Crippen molar-refractivity contribution in [2.45, 2.75) is 6.92 Å². The number of aryl methyl sites for hydroxylation is 1. The Morgan fingerprint density at radius 1 is 1.24 bits per heavy atom. The van der Waals surface area contributed by atoms with E-state index >= 15 is 0 Å². The molecule has 0 radical (unpaired) electrons. The fourth-order valence-electron chi connectivity index (χ4n) is 2.23. The van der Waals surface area contributed by atoms with Crippen LogP contribution < -0.4 is 10.1 Å². The first-order valence-corrected chi connectivity index (χ1v) is 7.32. The van der Waals surface area contributed by atoms with Crippen molar-refractivity contribution in [3.8, 4) is 11.8 Å². The van der Waals surface area contributed by atoms with Crippen LogP contribution >= 0.6 is 0 Å². The van der Waals surface area contributed by atoms with Crippen LogP contribution in [-0.2, 0) is 0 Å². The van der Waals surface area contributed by atoms with E-state index in [9.17, 15) is 4.79 Å². The first kappa shape index (κ1) is 14.8. The van der Waals surface area contributed by atoms with Crippen molar-refractivity contribution in [1.29, 1.82) is 0 Å². The van der Waals surface area contributed by atoms with Gasteiger partial charge in [-0.1, -0.05) is 10.2 Å². The van der Waals surface area contributed by atoms with Gasteiger partial charge in [-0.25, -0.2) is 9.50 Å². The fraction of sp³-hybridized carbons (Fsp3) is 0.0667. The minimum Gasteiger partial charge on any atom is -0.422 e. The van der Waals surface area contributed by atoms with Gasteiger partial charge < -0.3 is 10.1 Å². The van der Waals surface area contributed by atoms with E-state index in [1.807, 2.05) is 13.1 Å². The second-order valence-corrected chi connectivity index (χ2v) is 5.23. The molecule has 2 N–H and O–H groups in total. The zero-order valence-electron chi connectivity index (χ0n) is 13.0. The molecule has 0 unspecified atom stereocenters. The SMILES string of the molecule is Cc1cnc2c(C(=O)Nc3ccc(Oc4nn[nH]n4)cc3)cnn2c1. The van der Waals surface area contributed by atoms with Crippen LogP contribution in [0, 0.1) is 6.92 Å². The van der Waals surface area contributed by atoms with Crippen LogP contribution in [0.5, 0.6) is 11.8 Å². The van der Waals surface area contributed by atoms with Gasteiger partial charge in [0.15, 0.2) is 5.65 Å². The molecule has 4 aromatic rings. The predicted octanol–water partition coefficient (Wildman–Crippen LogP) is 1.60. The number of aromatic nitrogens is 7. The first-order chi connectivity index (χ1) is 12.2. The van der Waals surface area contributed by atoms with Crippen molar-refractivity contribution in [3.63, 3.8) is 0 Å². The Kier molecular flexibility index (Phi) is 3.54. The lowest BCUT2D eigenvalue weighted by atomic mass is 10.2. The number of benzene rings is 1. The number of aromatic amines is 1. The number of anilines is 1. The summed E-state index contributed by atoms with van der Waals surface area (Å²) in [5.41, 5.74) is 2.46. The van der Waals surface area contributed by atoms with Gasteiger partial charge in [0, 0.05) is 18.1 Å². The van der Waals surface area contributed by atoms with Crippen molar-refractivity contribution < 1.29 is 9.53 Å². The van der Waals surface area contributed by atoms with Gasteiger partial charge in [0.1, 0.15) is 11.3 Å². The van der Waals surface area contributed by atoms with Crippen LogP contribution in [0.15, 0.2) is 42.9 Å². The van der Waals surface area contributed by atoms with Crippen LogP contribution in [0.4, 0.5) is 5.69 Å². The average Bonchev–Trinajstić information content (AvgIpc) is 3.25. The third-order valence-electron chi connectivity index (χ3n) is 3.38. The summed E-state index contributed by atoms with van der Waals surface area (Å²) in [4.78, 5) is 16.7. The number of hydrogen-bond acceptors (Lipinski definition) is 7. The molecule has 0 aliphatic carbocycles. The van der Waals surface area contributed by atoms with Gasteiger partial charge in [0.05, 0.1) is 6.20 Å². The lowest BCUT2D eigenvalue weighted by Crippen LogP contribution is -2.12. The minimum absolute atomic E-state index is 0.115. The molecule has 0 spiro atoms. The summed E-state index contributed by atoms with van der Waals surface area (Å²) < 4.78 is 6.94. The number of hydrogen-bond donors (Lipinski definition) is 2. The van der Waals surface area contributed by atoms with Crippen molar-refractivity contribution in [2.24, 2.45) is 0 Å². The Morgan fingerprint density at radius 2 is 2.08 bits per heavy atom. The summed E-state index contributed by atoms with van der Waals surface area (Å²) in [6, 6.07) is 6.89. The number of H-pyrrole nitrogens is 1. The quantitative estimate of drug-likeness (QED) is 0.580. The maximum absolute atomic E-state index is 12.4. The number of amides is 1. The molecule has 3 aromatic heterocycles. The third kappa shape index (κ3) is 3.00. The number of nitrogens with one attached hydrogen (secondary N) is 2. The van der Waals surface area contributed by atoms with E-state index in [-0.39, 0.29) is 11.9 Å². The number of rotatable bonds is 4. The predicted molar refractivity (Wildman–Crippen MR) is 86.4 cm³/mol. The van der Waals surface area contributed by atoms with E-state index in [1.54, 1.807) is 35.0 Å². The highest BCUT2D eigenvalue weighted by molar-refractivity contribution is 6.08. The number of carbonyl (C=O) groups excluding carboxylic acids is 1. The van der Waals surface area contributed by atoms with Gasteiger partial charge >= 0.3 is 6.01 Å². The first-order valence-electron chi connectivity index (χ1n) is 7.32. The van der Waals surface area contributed by atoms with Crippen molar-refractivity contribution >= 4 is 17.2 Å². The molecule has 0 atom stereocenters. The molecule has 0 fully saturated rings. The number of nitrogens with zero attached hydrogens (tertiary/aromatic N) is 6. The molecule has 0 aliphatic rings. The zero-order valence-corrected chi connectivity index (χ0v) is 13.0. The molecule has 25 heavy (non-hydrogen) atoms. The molecular weight excluding hydrogens is 324 g/mol. The van der Waals surface area contributed by atoms with Crippen molar-refractivity contribution in [2.75, 3.05) is 5.32 Å². The molecule has 10 heteroatoms. The van der Waals surface area contributed by atoms with E-state index in [0.29, 0.717) is 22.6 Å². The van der Waals surface area contributed by atoms with Crippen LogP contribution in [-0.4, -0.2) is 41.1 Å². The summed E-state index contributed by atoms with van der Waals surface area (Å²) in [6.45, 7) is 1.91. The maximum atomic E-state index is 12.4. The number of fused-ring (bicyclic) bond motifs is 1. The molecular formula is C15H12N8O2. The number of tetrazole rings is 1. The molecule has 4 rings (SSSR count). The van der Waals surface area contributed by atoms with Gasteiger partial charge in [0.25, 0.3) is 5.91 Å². The van der Waals surface area contributed by atoms with E-state index in [0.717, 1.165) is 5.56 Å². The molecule has 0 aliphatic heterocycles. The Labute approximate surface area is 140 Å². The zero-order chi connectivity index (χ0) is 17.2. The normalized spacial score (nSPS) is 10.8. The summed E-state index contributed by atoms with van der Waals surface area (Å²) in [6.07, 6.45) is 4.99. The second-order valence-electron chi connectivity index (χ2n) is 5.23. The molecule has 10 nitrogen and oxygen atoms in total. The van der Waals surface area contributed by atoms with Gasteiger partial charge in [-0.05, 0) is 42.0 Å². The molecule has 3 heterocycles. The number of ether oxygens (including phenoxy) is 1. The largest absolute Gasteiger partial charge is 0.422 e. The smallest absolute Gasteiger partial charge is 0.361 e. The van der Waals surface area contributed by atoms with Gasteiger partial charge in [-0.15, -0.1) is 0 Å².